The van der Waals surface area contributed by atoms with E-state index < -0.39 is 0 Å². The zero-order valence-corrected chi connectivity index (χ0v) is 12.6. The first-order valence-corrected chi connectivity index (χ1v) is 6.93. The molecule has 0 saturated heterocycles. The Labute approximate surface area is 118 Å². The summed E-state index contributed by atoms with van der Waals surface area (Å²) in [6, 6.07) is 14.3. The van der Waals surface area contributed by atoms with E-state index in [2.05, 4.69) is 63.0 Å². The third-order valence-corrected chi connectivity index (χ3v) is 3.83. The number of nitrogens with two attached hydrogens (primary N) is 1. The fourth-order valence-electron chi connectivity index (χ4n) is 1.80. The van der Waals surface area contributed by atoms with E-state index in [9.17, 15) is 0 Å². The molecule has 88 valence electrons. The monoisotopic (exact) mass is 353 g/mol. The molecule has 0 fully saturated rings. The maximum Gasteiger partial charge on any atom is 0.0554 e. The van der Waals surface area contributed by atoms with Crippen molar-refractivity contribution in [3.63, 3.8) is 0 Å². The zero-order valence-electron chi connectivity index (χ0n) is 9.45. The predicted octanol–water partition coefficient (Wildman–Crippen LogP) is 4.57. The average Bonchev–Trinajstić information content (AvgIpc) is 2.32. The molecule has 0 bridgehead atoms. The molecule has 0 aliphatic heterocycles. The highest BCUT2D eigenvalue weighted by Gasteiger charge is 2.11. The smallest absolute Gasteiger partial charge is 0.0554 e. The summed E-state index contributed by atoms with van der Waals surface area (Å²) >= 11 is 6.91. The number of hydrogen-bond donors (Lipinski definition) is 1. The molecule has 0 radical (unpaired) electrons. The summed E-state index contributed by atoms with van der Waals surface area (Å²) < 4.78 is 2.13. The van der Waals surface area contributed by atoms with E-state index >= 15 is 0 Å². The number of rotatable bonds is 2. The molecule has 2 rings (SSSR count). The standard InChI is InChI=1S/C14H13Br2N/c1-9-2-5-12(16)8-13(9)14(17)10-3-6-11(15)7-4-10/h2-8,14H,17H2,1H3. The quantitative estimate of drug-likeness (QED) is 0.839. The van der Waals surface area contributed by atoms with Gasteiger partial charge in [-0.25, -0.2) is 0 Å². The van der Waals surface area contributed by atoms with Crippen LogP contribution in [0.15, 0.2) is 51.4 Å². The minimum absolute atomic E-state index is 0.0828. The van der Waals surface area contributed by atoms with Crippen molar-refractivity contribution < 1.29 is 0 Å². The van der Waals surface area contributed by atoms with Crippen molar-refractivity contribution in [2.45, 2.75) is 13.0 Å². The minimum Gasteiger partial charge on any atom is -0.320 e. The van der Waals surface area contributed by atoms with Crippen LogP contribution in [0.4, 0.5) is 0 Å². The third-order valence-electron chi connectivity index (χ3n) is 2.81. The van der Waals surface area contributed by atoms with Crippen LogP contribution in [0.5, 0.6) is 0 Å². The average molecular weight is 355 g/mol. The fraction of sp³-hybridized carbons (Fsp3) is 0.143. The highest BCUT2D eigenvalue weighted by molar-refractivity contribution is 9.10. The zero-order chi connectivity index (χ0) is 12.4. The van der Waals surface area contributed by atoms with Gasteiger partial charge in [-0.1, -0.05) is 50.1 Å². The molecule has 1 atom stereocenters. The molecule has 0 heterocycles. The number of hydrogen-bond acceptors (Lipinski definition) is 1. The summed E-state index contributed by atoms with van der Waals surface area (Å²) in [5.41, 5.74) is 9.79. The largest absolute Gasteiger partial charge is 0.320 e. The SMILES string of the molecule is Cc1ccc(Br)cc1C(N)c1ccc(Br)cc1. The molecule has 0 aliphatic rings. The van der Waals surface area contributed by atoms with Crippen molar-refractivity contribution in [1.29, 1.82) is 0 Å². The summed E-state index contributed by atoms with van der Waals surface area (Å²) in [5.74, 6) is 0. The van der Waals surface area contributed by atoms with Gasteiger partial charge in [0.15, 0.2) is 0 Å². The van der Waals surface area contributed by atoms with Crippen LogP contribution in [0.1, 0.15) is 22.7 Å². The Morgan fingerprint density at radius 2 is 1.53 bits per heavy atom. The number of halogens is 2. The lowest BCUT2D eigenvalue weighted by atomic mass is 9.96. The molecular formula is C14H13Br2N. The van der Waals surface area contributed by atoms with Gasteiger partial charge in [-0.05, 0) is 47.9 Å². The molecule has 0 aromatic heterocycles. The lowest BCUT2D eigenvalue weighted by Crippen LogP contribution is -2.13. The van der Waals surface area contributed by atoms with Crippen LogP contribution in [0.2, 0.25) is 0 Å². The molecule has 0 aliphatic carbocycles. The van der Waals surface area contributed by atoms with E-state index in [-0.39, 0.29) is 6.04 Å². The molecule has 17 heavy (non-hydrogen) atoms. The summed E-state index contributed by atoms with van der Waals surface area (Å²) in [4.78, 5) is 0. The molecule has 1 unspecified atom stereocenters. The first kappa shape index (κ1) is 12.8. The van der Waals surface area contributed by atoms with E-state index in [1.165, 1.54) is 5.56 Å². The minimum atomic E-state index is -0.0828. The van der Waals surface area contributed by atoms with E-state index in [1.54, 1.807) is 0 Å². The van der Waals surface area contributed by atoms with Crippen LogP contribution in [-0.4, -0.2) is 0 Å². The van der Waals surface area contributed by atoms with Gasteiger partial charge in [0.25, 0.3) is 0 Å². The maximum atomic E-state index is 6.30. The summed E-state index contributed by atoms with van der Waals surface area (Å²) in [7, 11) is 0. The van der Waals surface area contributed by atoms with Crippen molar-refractivity contribution in [3.05, 3.63) is 68.1 Å². The second-order valence-corrected chi connectivity index (χ2v) is 5.86. The highest BCUT2D eigenvalue weighted by Crippen LogP contribution is 2.26. The molecule has 0 spiro atoms. The molecule has 2 N–H and O–H groups in total. The first-order valence-electron chi connectivity index (χ1n) is 5.35. The van der Waals surface area contributed by atoms with Crippen molar-refractivity contribution >= 4 is 31.9 Å². The second kappa shape index (κ2) is 5.34. The molecule has 3 heteroatoms. The lowest BCUT2D eigenvalue weighted by molar-refractivity contribution is 0.860. The van der Waals surface area contributed by atoms with Crippen LogP contribution in [0, 0.1) is 6.92 Å². The molecular weight excluding hydrogens is 342 g/mol. The lowest BCUT2D eigenvalue weighted by Gasteiger charge is -2.15. The second-order valence-electron chi connectivity index (χ2n) is 4.03. The summed E-state index contributed by atoms with van der Waals surface area (Å²) in [6.07, 6.45) is 0. The Morgan fingerprint density at radius 3 is 2.18 bits per heavy atom. The Balaban J connectivity index is 2.39. The Hall–Kier alpha value is -0.640. The van der Waals surface area contributed by atoms with Gasteiger partial charge in [-0.3, -0.25) is 0 Å². The highest BCUT2D eigenvalue weighted by atomic mass is 79.9. The number of benzene rings is 2. The van der Waals surface area contributed by atoms with Crippen molar-refractivity contribution in [3.8, 4) is 0 Å². The van der Waals surface area contributed by atoms with Crippen molar-refractivity contribution in [1.82, 2.24) is 0 Å². The van der Waals surface area contributed by atoms with E-state index in [0.29, 0.717) is 0 Å². The van der Waals surface area contributed by atoms with Gasteiger partial charge in [0.2, 0.25) is 0 Å². The van der Waals surface area contributed by atoms with Crippen LogP contribution < -0.4 is 5.73 Å². The third kappa shape index (κ3) is 2.97. The van der Waals surface area contributed by atoms with Gasteiger partial charge in [0.1, 0.15) is 0 Å². The van der Waals surface area contributed by atoms with Crippen LogP contribution in [-0.2, 0) is 0 Å². The Morgan fingerprint density at radius 1 is 0.941 bits per heavy atom. The fourth-order valence-corrected chi connectivity index (χ4v) is 2.44. The van der Waals surface area contributed by atoms with E-state index in [4.69, 9.17) is 5.73 Å². The van der Waals surface area contributed by atoms with Crippen molar-refractivity contribution in [2.75, 3.05) is 0 Å². The Bertz CT molecular complexity index is 520. The molecule has 1 nitrogen and oxygen atoms in total. The number of aryl methyl sites for hydroxylation is 1. The summed E-state index contributed by atoms with van der Waals surface area (Å²) in [6.45, 7) is 2.08. The Kier molecular flexibility index (Phi) is 4.02. The van der Waals surface area contributed by atoms with E-state index in [0.717, 1.165) is 20.1 Å². The predicted molar refractivity (Wildman–Crippen MR) is 79.1 cm³/mol. The normalized spacial score (nSPS) is 12.5. The summed E-state index contributed by atoms with van der Waals surface area (Å²) in [5, 5.41) is 0. The van der Waals surface area contributed by atoms with Gasteiger partial charge < -0.3 is 5.73 Å². The van der Waals surface area contributed by atoms with Gasteiger partial charge in [0, 0.05) is 8.95 Å². The molecule has 0 amide bonds. The maximum absolute atomic E-state index is 6.30. The van der Waals surface area contributed by atoms with Gasteiger partial charge >= 0.3 is 0 Å². The van der Waals surface area contributed by atoms with Crippen molar-refractivity contribution in [2.24, 2.45) is 5.73 Å². The molecule has 2 aromatic carbocycles. The van der Waals surface area contributed by atoms with Crippen LogP contribution in [0.3, 0.4) is 0 Å². The van der Waals surface area contributed by atoms with Gasteiger partial charge in [0.05, 0.1) is 6.04 Å². The van der Waals surface area contributed by atoms with Crippen LogP contribution in [0.25, 0.3) is 0 Å². The van der Waals surface area contributed by atoms with Gasteiger partial charge in [-0.2, -0.15) is 0 Å². The molecule has 0 saturated carbocycles. The van der Waals surface area contributed by atoms with Gasteiger partial charge in [-0.15, -0.1) is 0 Å². The first-order chi connectivity index (χ1) is 8.08. The topological polar surface area (TPSA) is 26.0 Å². The van der Waals surface area contributed by atoms with Crippen LogP contribution >= 0.6 is 31.9 Å². The molecule has 2 aromatic rings. The van der Waals surface area contributed by atoms with E-state index in [1.807, 2.05) is 18.2 Å².